The average molecular weight is 465 g/mol. The standard InChI is InChI=1S/C23H36N4O4S/c1-13-19-18(14(2)28)22(29)27(19)20(23(30)31)21(13)32-17-6-8-25(9-7-17)12-16-4-10-26(11-5-16)15(3)24/h13-14,16-19,24,28H,4-12H2,1-3H3,(H,30,31)/t13-,14-,18-,19-/m1/s1. The zero-order valence-corrected chi connectivity index (χ0v) is 20.1. The molecule has 8 nitrogen and oxygen atoms in total. The molecule has 9 heteroatoms. The number of carbonyl (C=O) groups is 2. The summed E-state index contributed by atoms with van der Waals surface area (Å²) in [6, 6.07) is -0.230. The predicted octanol–water partition coefficient (Wildman–Crippen LogP) is 2.05. The zero-order chi connectivity index (χ0) is 23.2. The van der Waals surface area contributed by atoms with Crippen LogP contribution in [0.1, 0.15) is 46.5 Å². The van der Waals surface area contributed by atoms with Gasteiger partial charge in [0.1, 0.15) is 5.70 Å². The van der Waals surface area contributed by atoms with Crippen LogP contribution >= 0.6 is 11.8 Å². The van der Waals surface area contributed by atoms with Crippen LogP contribution in [0.25, 0.3) is 0 Å². The summed E-state index contributed by atoms with van der Waals surface area (Å²) in [6.45, 7) is 10.6. The van der Waals surface area contributed by atoms with E-state index < -0.39 is 18.0 Å². The van der Waals surface area contributed by atoms with Gasteiger partial charge >= 0.3 is 5.97 Å². The number of amides is 1. The molecule has 0 spiro atoms. The minimum atomic E-state index is -1.04. The minimum absolute atomic E-state index is 0.0519. The third-order valence-corrected chi connectivity index (χ3v) is 9.37. The predicted molar refractivity (Wildman–Crippen MR) is 124 cm³/mol. The van der Waals surface area contributed by atoms with Gasteiger partial charge in [-0.2, -0.15) is 0 Å². The van der Waals surface area contributed by atoms with Crippen LogP contribution in [0.5, 0.6) is 0 Å². The molecule has 0 unspecified atom stereocenters. The van der Waals surface area contributed by atoms with Crippen molar-refractivity contribution in [1.82, 2.24) is 14.7 Å². The molecule has 0 bridgehead atoms. The fourth-order valence-corrected chi connectivity index (χ4v) is 7.34. The first-order valence-corrected chi connectivity index (χ1v) is 12.7. The molecule has 4 aliphatic rings. The third-order valence-electron chi connectivity index (χ3n) is 7.74. The molecule has 178 valence electrons. The number of aliphatic hydroxyl groups is 1. The molecule has 4 rings (SSSR count). The molecular formula is C23H36N4O4S. The van der Waals surface area contributed by atoms with Gasteiger partial charge in [-0.05, 0) is 58.5 Å². The van der Waals surface area contributed by atoms with E-state index in [4.69, 9.17) is 5.41 Å². The molecule has 0 aromatic carbocycles. The molecule has 0 aromatic rings. The van der Waals surface area contributed by atoms with E-state index >= 15 is 0 Å². The fraction of sp³-hybridized carbons (Fsp3) is 0.783. The number of fused-ring (bicyclic) bond motifs is 1. The summed E-state index contributed by atoms with van der Waals surface area (Å²) >= 11 is 1.65. The lowest BCUT2D eigenvalue weighted by molar-refractivity contribution is -0.163. The van der Waals surface area contributed by atoms with Crippen LogP contribution in [-0.4, -0.2) is 92.7 Å². The zero-order valence-electron chi connectivity index (χ0n) is 19.3. The van der Waals surface area contributed by atoms with Crippen molar-refractivity contribution in [1.29, 1.82) is 5.41 Å². The molecule has 1 amide bonds. The van der Waals surface area contributed by atoms with Gasteiger partial charge < -0.3 is 24.9 Å². The summed E-state index contributed by atoms with van der Waals surface area (Å²) < 4.78 is 0. The van der Waals surface area contributed by atoms with E-state index in [0.717, 1.165) is 63.3 Å². The van der Waals surface area contributed by atoms with E-state index in [2.05, 4.69) is 9.80 Å². The average Bonchev–Trinajstić information content (AvgIpc) is 2.98. The molecule has 0 radical (unpaired) electrons. The number of nitrogens with zero attached hydrogens (tertiary/aromatic N) is 3. The number of aliphatic hydroxyl groups excluding tert-OH is 1. The number of hydrogen-bond donors (Lipinski definition) is 3. The lowest BCUT2D eigenvalue weighted by Gasteiger charge is -2.46. The molecule has 32 heavy (non-hydrogen) atoms. The van der Waals surface area contributed by atoms with E-state index in [-0.39, 0.29) is 23.6 Å². The maximum atomic E-state index is 12.5. The fourth-order valence-electron chi connectivity index (χ4n) is 5.88. The highest BCUT2D eigenvalue weighted by atomic mass is 32.2. The number of rotatable bonds is 6. The van der Waals surface area contributed by atoms with Crippen molar-refractivity contribution >= 4 is 29.5 Å². The highest BCUT2D eigenvalue weighted by molar-refractivity contribution is 8.03. The van der Waals surface area contributed by atoms with Crippen molar-refractivity contribution in [2.24, 2.45) is 17.8 Å². The molecule has 3 saturated heterocycles. The molecule has 3 fully saturated rings. The highest BCUT2D eigenvalue weighted by Gasteiger charge is 2.60. The summed E-state index contributed by atoms with van der Waals surface area (Å²) in [6.07, 6.45) is 3.57. The van der Waals surface area contributed by atoms with Crippen molar-refractivity contribution < 1.29 is 19.8 Å². The first-order valence-electron chi connectivity index (χ1n) is 11.9. The first kappa shape index (κ1) is 23.6. The number of carboxylic acids is 1. The second kappa shape index (κ2) is 9.35. The van der Waals surface area contributed by atoms with Gasteiger partial charge in [-0.3, -0.25) is 10.2 Å². The summed E-state index contributed by atoms with van der Waals surface area (Å²) in [5.74, 6) is -0.486. The van der Waals surface area contributed by atoms with Gasteiger partial charge in [0.05, 0.1) is 23.9 Å². The normalized spacial score (nSPS) is 31.0. The van der Waals surface area contributed by atoms with Gasteiger partial charge in [0.15, 0.2) is 0 Å². The lowest BCUT2D eigenvalue weighted by atomic mass is 9.79. The van der Waals surface area contributed by atoms with Crippen molar-refractivity contribution in [2.75, 3.05) is 32.7 Å². The minimum Gasteiger partial charge on any atom is -0.477 e. The number of thioether (sulfide) groups is 1. The van der Waals surface area contributed by atoms with Gasteiger partial charge in [0.2, 0.25) is 5.91 Å². The van der Waals surface area contributed by atoms with Crippen LogP contribution in [0.15, 0.2) is 10.6 Å². The Morgan fingerprint density at radius 1 is 1.19 bits per heavy atom. The Bertz CT molecular complexity index is 800. The van der Waals surface area contributed by atoms with Crippen molar-refractivity contribution in [2.45, 2.75) is 63.9 Å². The quantitative estimate of drug-likeness (QED) is 0.314. The Morgan fingerprint density at radius 2 is 1.81 bits per heavy atom. The molecule has 4 heterocycles. The van der Waals surface area contributed by atoms with Crippen molar-refractivity contribution in [3.8, 4) is 0 Å². The van der Waals surface area contributed by atoms with Crippen molar-refractivity contribution in [3.05, 3.63) is 10.6 Å². The summed E-state index contributed by atoms with van der Waals surface area (Å²) in [7, 11) is 0. The second-order valence-electron chi connectivity index (χ2n) is 9.91. The van der Waals surface area contributed by atoms with Gasteiger partial charge in [-0.25, -0.2) is 4.79 Å². The summed E-state index contributed by atoms with van der Waals surface area (Å²) in [5, 5.41) is 28.0. The van der Waals surface area contributed by atoms with Crippen LogP contribution in [0.4, 0.5) is 0 Å². The Kier molecular flexibility index (Phi) is 6.89. The van der Waals surface area contributed by atoms with Gasteiger partial charge in [0.25, 0.3) is 0 Å². The number of hydrogen-bond acceptors (Lipinski definition) is 6. The number of piperidine rings is 2. The van der Waals surface area contributed by atoms with Crippen LogP contribution in [0.2, 0.25) is 0 Å². The summed E-state index contributed by atoms with van der Waals surface area (Å²) in [4.78, 5) is 31.4. The molecular weight excluding hydrogens is 428 g/mol. The van der Waals surface area contributed by atoms with Gasteiger partial charge in [-0.1, -0.05) is 6.92 Å². The van der Waals surface area contributed by atoms with Gasteiger partial charge in [-0.15, -0.1) is 11.8 Å². The Hall–Kier alpha value is -1.58. The highest BCUT2D eigenvalue weighted by Crippen LogP contribution is 2.52. The number of carbonyl (C=O) groups excluding carboxylic acids is 1. The van der Waals surface area contributed by atoms with Crippen LogP contribution in [0, 0.1) is 23.2 Å². The Balaban J connectivity index is 1.32. The maximum absolute atomic E-state index is 12.5. The number of aliphatic carboxylic acids is 1. The lowest BCUT2D eigenvalue weighted by Crippen LogP contribution is -2.63. The maximum Gasteiger partial charge on any atom is 0.353 e. The van der Waals surface area contributed by atoms with Crippen LogP contribution < -0.4 is 0 Å². The number of β-lactam (4-membered cyclic amide) rings is 1. The topological polar surface area (TPSA) is 108 Å². The Labute approximate surface area is 194 Å². The molecule has 0 saturated carbocycles. The smallest absolute Gasteiger partial charge is 0.353 e. The van der Waals surface area contributed by atoms with Crippen LogP contribution in [-0.2, 0) is 9.59 Å². The van der Waals surface area contributed by atoms with Gasteiger partial charge in [0, 0.05) is 35.7 Å². The van der Waals surface area contributed by atoms with E-state index in [1.54, 1.807) is 18.7 Å². The van der Waals surface area contributed by atoms with Crippen molar-refractivity contribution in [3.63, 3.8) is 0 Å². The number of carboxylic acid groups (broad SMARTS) is 1. The largest absolute Gasteiger partial charge is 0.477 e. The second-order valence-corrected chi connectivity index (χ2v) is 11.2. The molecule has 4 atom stereocenters. The SMILES string of the molecule is CC(=N)N1CCC(CN2CCC(SC3=C(C(=O)O)N4C(=O)[C@H]([C@@H](C)O)[C@H]4[C@H]3C)CC2)CC1. The first-order chi connectivity index (χ1) is 15.2. The number of likely N-dealkylation sites (tertiary alicyclic amines) is 2. The van der Waals surface area contributed by atoms with Crippen LogP contribution in [0.3, 0.4) is 0 Å². The molecule has 0 aliphatic carbocycles. The molecule has 3 N–H and O–H groups in total. The monoisotopic (exact) mass is 464 g/mol. The Morgan fingerprint density at radius 3 is 2.34 bits per heavy atom. The molecule has 4 aliphatic heterocycles. The van der Waals surface area contributed by atoms with E-state index in [1.165, 1.54) is 4.90 Å². The van der Waals surface area contributed by atoms with E-state index in [9.17, 15) is 19.8 Å². The summed E-state index contributed by atoms with van der Waals surface area (Å²) in [5.41, 5.74) is 0.144. The number of nitrogens with one attached hydrogen (secondary N) is 1. The van der Waals surface area contributed by atoms with E-state index in [1.807, 2.05) is 13.8 Å². The third kappa shape index (κ3) is 4.31. The molecule has 0 aromatic heterocycles. The van der Waals surface area contributed by atoms with E-state index in [0.29, 0.717) is 17.0 Å². The number of amidine groups is 1.